The third-order valence-electron chi connectivity index (χ3n) is 2.67. The fourth-order valence-electron chi connectivity index (χ4n) is 1.77. The Balaban J connectivity index is 2.20. The summed E-state index contributed by atoms with van der Waals surface area (Å²) < 4.78 is 19.7. The van der Waals surface area contributed by atoms with Crippen LogP contribution >= 0.6 is 27.5 Å². The number of fused-ring (bicyclic) bond motifs is 1. The molecule has 0 aliphatic rings. The molecule has 96 valence electrons. The zero-order valence-corrected chi connectivity index (χ0v) is 11.8. The number of hydrogen-bond donors (Lipinski definition) is 1. The molecule has 3 aromatic rings. The second-order valence-electron chi connectivity index (χ2n) is 3.98. The van der Waals surface area contributed by atoms with Gasteiger partial charge in [-0.1, -0.05) is 27.5 Å². The monoisotopic (exact) mass is 340 g/mol. The first-order chi connectivity index (χ1) is 9.04. The van der Waals surface area contributed by atoms with Gasteiger partial charge in [-0.05, 0) is 24.3 Å². The summed E-state index contributed by atoms with van der Waals surface area (Å²) in [4.78, 5) is 4.26. The van der Waals surface area contributed by atoms with E-state index in [2.05, 4.69) is 20.9 Å². The minimum atomic E-state index is -0.541. The van der Waals surface area contributed by atoms with E-state index in [9.17, 15) is 4.39 Å². The fraction of sp³-hybridized carbons (Fsp3) is 0. The van der Waals surface area contributed by atoms with Crippen molar-refractivity contribution in [2.45, 2.75) is 0 Å². The summed E-state index contributed by atoms with van der Waals surface area (Å²) in [7, 11) is 0. The molecule has 0 fully saturated rings. The molecule has 19 heavy (non-hydrogen) atoms. The summed E-state index contributed by atoms with van der Waals surface area (Å²) in [5, 5.41) is 0.0103. The van der Waals surface area contributed by atoms with Crippen LogP contribution in [0.15, 0.2) is 39.2 Å². The van der Waals surface area contributed by atoms with Gasteiger partial charge < -0.3 is 10.2 Å². The molecule has 0 aliphatic heterocycles. The molecule has 0 saturated heterocycles. The molecule has 0 bridgehead atoms. The summed E-state index contributed by atoms with van der Waals surface area (Å²) >= 11 is 9.03. The number of nitrogens with two attached hydrogens (primary N) is 1. The Morgan fingerprint density at radius 3 is 2.79 bits per heavy atom. The Bertz CT molecular complexity index is 749. The maximum atomic E-state index is 13.3. The summed E-state index contributed by atoms with van der Waals surface area (Å²) in [6.07, 6.45) is 0. The number of halogens is 3. The highest BCUT2D eigenvalue weighted by atomic mass is 79.9. The maximum Gasteiger partial charge on any atom is 0.229 e. The largest absolute Gasteiger partial charge is 0.436 e. The smallest absolute Gasteiger partial charge is 0.229 e. The van der Waals surface area contributed by atoms with E-state index < -0.39 is 5.82 Å². The molecular formula is C13H7BrClFN2O. The number of nitrogens with zero attached hydrogens (tertiary/aromatic N) is 1. The van der Waals surface area contributed by atoms with Gasteiger partial charge >= 0.3 is 0 Å². The molecule has 6 heteroatoms. The van der Waals surface area contributed by atoms with Gasteiger partial charge in [-0.25, -0.2) is 9.37 Å². The van der Waals surface area contributed by atoms with Crippen molar-refractivity contribution in [3.63, 3.8) is 0 Å². The zero-order chi connectivity index (χ0) is 13.6. The van der Waals surface area contributed by atoms with Crippen LogP contribution in [-0.4, -0.2) is 4.98 Å². The molecule has 0 spiro atoms. The van der Waals surface area contributed by atoms with Gasteiger partial charge in [0.15, 0.2) is 5.58 Å². The molecular weight excluding hydrogens is 335 g/mol. The lowest BCUT2D eigenvalue weighted by Crippen LogP contribution is -1.89. The van der Waals surface area contributed by atoms with Gasteiger partial charge in [-0.2, -0.15) is 0 Å². The summed E-state index contributed by atoms with van der Waals surface area (Å²) in [6.45, 7) is 0. The number of nitrogen functional groups attached to an aromatic ring is 1. The number of anilines is 1. The maximum absolute atomic E-state index is 13.3. The van der Waals surface area contributed by atoms with Crippen molar-refractivity contribution in [2.75, 3.05) is 5.73 Å². The highest BCUT2D eigenvalue weighted by Crippen LogP contribution is 2.32. The van der Waals surface area contributed by atoms with E-state index in [-0.39, 0.29) is 5.02 Å². The molecule has 1 heterocycles. The average molecular weight is 342 g/mol. The number of aromatic nitrogens is 1. The molecule has 0 radical (unpaired) electrons. The molecule has 2 aromatic carbocycles. The van der Waals surface area contributed by atoms with Gasteiger partial charge in [0.05, 0.1) is 10.6 Å². The molecule has 3 nitrogen and oxygen atoms in total. The fourth-order valence-corrected chi connectivity index (χ4v) is 2.30. The lowest BCUT2D eigenvalue weighted by molar-refractivity contribution is 0.603. The van der Waals surface area contributed by atoms with Crippen LogP contribution in [0.3, 0.4) is 0 Å². The second-order valence-corrected chi connectivity index (χ2v) is 5.31. The van der Waals surface area contributed by atoms with E-state index in [4.69, 9.17) is 21.8 Å². The van der Waals surface area contributed by atoms with Gasteiger partial charge in [-0.3, -0.25) is 0 Å². The Morgan fingerprint density at radius 2 is 2.05 bits per heavy atom. The van der Waals surface area contributed by atoms with Crippen molar-refractivity contribution in [3.8, 4) is 11.5 Å². The Hall–Kier alpha value is -1.59. The van der Waals surface area contributed by atoms with Gasteiger partial charge in [0, 0.05) is 16.2 Å². The van der Waals surface area contributed by atoms with Crippen LogP contribution in [0.2, 0.25) is 5.02 Å². The first kappa shape index (κ1) is 12.4. The summed E-state index contributed by atoms with van der Waals surface area (Å²) in [6, 6.07) is 7.99. The van der Waals surface area contributed by atoms with Crippen LogP contribution < -0.4 is 5.73 Å². The summed E-state index contributed by atoms with van der Waals surface area (Å²) in [5.74, 6) is -0.206. The van der Waals surface area contributed by atoms with Gasteiger partial charge in [0.2, 0.25) is 5.89 Å². The van der Waals surface area contributed by atoms with E-state index in [0.29, 0.717) is 28.2 Å². The molecule has 3 rings (SSSR count). The molecule has 2 N–H and O–H groups in total. The van der Waals surface area contributed by atoms with Crippen molar-refractivity contribution in [1.82, 2.24) is 4.98 Å². The lowest BCUT2D eigenvalue weighted by atomic mass is 10.2. The quantitative estimate of drug-likeness (QED) is 0.656. The van der Waals surface area contributed by atoms with Crippen LogP contribution in [0.25, 0.3) is 22.6 Å². The van der Waals surface area contributed by atoms with E-state index in [0.717, 1.165) is 4.47 Å². The topological polar surface area (TPSA) is 52.0 Å². The second kappa shape index (κ2) is 4.51. The molecule has 0 saturated carbocycles. The van der Waals surface area contributed by atoms with Crippen LogP contribution in [-0.2, 0) is 0 Å². The molecule has 0 atom stereocenters. The first-order valence-corrected chi connectivity index (χ1v) is 6.52. The van der Waals surface area contributed by atoms with E-state index in [1.54, 1.807) is 12.1 Å². The Kier molecular flexibility index (Phi) is 2.95. The molecule has 1 aromatic heterocycles. The van der Waals surface area contributed by atoms with Crippen molar-refractivity contribution in [1.29, 1.82) is 0 Å². The normalized spacial score (nSPS) is 11.1. The highest BCUT2D eigenvalue weighted by Gasteiger charge is 2.13. The zero-order valence-electron chi connectivity index (χ0n) is 9.45. The number of oxazole rings is 1. The number of hydrogen-bond acceptors (Lipinski definition) is 3. The predicted octanol–water partition coefficient (Wildman–Crippen LogP) is 4.63. The van der Waals surface area contributed by atoms with E-state index in [1.165, 1.54) is 12.1 Å². The number of benzene rings is 2. The SMILES string of the molecule is Nc1cc(Br)ccc1-c1nc2cc(Cl)c(F)cc2o1. The van der Waals surface area contributed by atoms with Crippen molar-refractivity contribution >= 4 is 44.3 Å². The Morgan fingerprint density at radius 1 is 1.26 bits per heavy atom. The molecule has 0 unspecified atom stereocenters. The Labute approximate surface area is 121 Å². The van der Waals surface area contributed by atoms with Crippen LogP contribution in [0.4, 0.5) is 10.1 Å². The van der Waals surface area contributed by atoms with Crippen molar-refractivity contribution in [2.24, 2.45) is 0 Å². The molecule has 0 amide bonds. The average Bonchev–Trinajstić information content (AvgIpc) is 2.72. The van der Waals surface area contributed by atoms with Crippen LogP contribution in [0.5, 0.6) is 0 Å². The predicted molar refractivity (Wildman–Crippen MR) is 76.5 cm³/mol. The first-order valence-electron chi connectivity index (χ1n) is 5.35. The van der Waals surface area contributed by atoms with Gasteiger partial charge in [0.1, 0.15) is 11.3 Å². The lowest BCUT2D eigenvalue weighted by Gasteiger charge is -2.00. The van der Waals surface area contributed by atoms with E-state index in [1.807, 2.05) is 6.07 Å². The third kappa shape index (κ3) is 2.19. The van der Waals surface area contributed by atoms with Gasteiger partial charge in [-0.15, -0.1) is 0 Å². The molecule has 0 aliphatic carbocycles. The number of rotatable bonds is 1. The summed E-state index contributed by atoms with van der Waals surface area (Å²) in [5.41, 5.74) is 7.90. The third-order valence-corrected chi connectivity index (χ3v) is 3.46. The standard InChI is InChI=1S/C13H7BrClFN2O/c14-6-1-2-7(10(17)3-6)13-18-11-4-8(15)9(16)5-12(11)19-13/h1-5H,17H2. The minimum absolute atomic E-state index is 0.0103. The van der Waals surface area contributed by atoms with Crippen LogP contribution in [0.1, 0.15) is 0 Å². The van der Waals surface area contributed by atoms with E-state index >= 15 is 0 Å². The minimum Gasteiger partial charge on any atom is -0.436 e. The van der Waals surface area contributed by atoms with Crippen LogP contribution in [0, 0.1) is 5.82 Å². The van der Waals surface area contributed by atoms with Gasteiger partial charge in [0.25, 0.3) is 0 Å². The highest BCUT2D eigenvalue weighted by molar-refractivity contribution is 9.10. The van der Waals surface area contributed by atoms with Crippen molar-refractivity contribution in [3.05, 3.63) is 45.6 Å². The van der Waals surface area contributed by atoms with Crippen molar-refractivity contribution < 1.29 is 8.81 Å².